The number of aliphatic hydroxyl groups excluding tert-OH is 2. The molecule has 0 radical (unpaired) electrons. The molecule has 0 amide bonds. The van der Waals surface area contributed by atoms with Crippen molar-refractivity contribution < 1.29 is 30.0 Å². The minimum absolute atomic E-state index is 0.181. The highest BCUT2D eigenvalue weighted by Crippen LogP contribution is 1.59. The number of aliphatic carboxylic acids is 2. The van der Waals surface area contributed by atoms with E-state index < -0.39 is 11.9 Å². The average Bonchev–Trinajstić information content (AvgIpc) is 2.22. The van der Waals surface area contributed by atoms with Crippen LogP contribution in [0.1, 0.15) is 13.8 Å². The van der Waals surface area contributed by atoms with Crippen LogP contribution in [-0.4, -0.2) is 71.8 Å². The standard InChI is InChI=1S/C6H16N2O2.2C2H4O2/c9-5-3-7-1-2-8-4-6-10;2*1-2(3)4/h7-10H,1-6H2;2*1H3,(H,3,4). The molecule has 0 aliphatic rings. The summed E-state index contributed by atoms with van der Waals surface area (Å²) in [6.07, 6.45) is 0. The number of carboxylic acids is 2. The van der Waals surface area contributed by atoms with Crippen molar-refractivity contribution in [2.45, 2.75) is 13.8 Å². The second-order valence-electron chi connectivity index (χ2n) is 2.99. The third-order valence-corrected chi connectivity index (χ3v) is 1.06. The van der Waals surface area contributed by atoms with Crippen molar-refractivity contribution >= 4 is 11.9 Å². The number of nitrogens with one attached hydrogen (secondary N) is 2. The van der Waals surface area contributed by atoms with E-state index in [9.17, 15) is 0 Å². The zero-order valence-corrected chi connectivity index (χ0v) is 10.8. The highest BCUT2D eigenvalue weighted by Gasteiger charge is 1.84. The number of aliphatic hydroxyl groups is 2. The quantitative estimate of drug-likeness (QED) is 0.301. The highest BCUT2D eigenvalue weighted by atomic mass is 16.4. The van der Waals surface area contributed by atoms with Crippen LogP contribution < -0.4 is 10.6 Å². The number of carboxylic acid groups (broad SMARTS) is 2. The van der Waals surface area contributed by atoms with Gasteiger partial charge in [-0.15, -0.1) is 0 Å². The van der Waals surface area contributed by atoms with Gasteiger partial charge in [-0.2, -0.15) is 0 Å². The third-order valence-electron chi connectivity index (χ3n) is 1.06. The molecule has 0 aliphatic carbocycles. The molecule has 8 heteroatoms. The Morgan fingerprint density at radius 1 is 0.778 bits per heavy atom. The molecule has 0 bridgehead atoms. The molecule has 0 atom stereocenters. The van der Waals surface area contributed by atoms with E-state index in [1.165, 1.54) is 0 Å². The largest absolute Gasteiger partial charge is 0.481 e. The topological polar surface area (TPSA) is 139 Å². The molecule has 0 fully saturated rings. The predicted octanol–water partition coefficient (Wildman–Crippen LogP) is -1.67. The minimum Gasteiger partial charge on any atom is -0.481 e. The van der Waals surface area contributed by atoms with Gasteiger partial charge in [0.1, 0.15) is 0 Å². The van der Waals surface area contributed by atoms with E-state index in [2.05, 4.69) is 10.6 Å². The SMILES string of the molecule is CC(=O)O.CC(=O)O.OCCNCCNCCO. The van der Waals surface area contributed by atoms with Crippen LogP contribution >= 0.6 is 0 Å². The fourth-order valence-electron chi connectivity index (χ4n) is 0.585. The van der Waals surface area contributed by atoms with E-state index in [0.29, 0.717) is 13.1 Å². The Bertz CT molecular complexity index is 161. The molecule has 0 rings (SSSR count). The first kappa shape index (κ1) is 22.0. The molecule has 0 spiro atoms. The van der Waals surface area contributed by atoms with Gasteiger partial charge in [0.25, 0.3) is 11.9 Å². The molecule has 0 aromatic carbocycles. The molecule has 0 aromatic heterocycles. The number of carbonyl (C=O) groups is 2. The zero-order chi connectivity index (χ0) is 14.8. The van der Waals surface area contributed by atoms with Crippen molar-refractivity contribution in [2.75, 3.05) is 39.4 Å². The van der Waals surface area contributed by atoms with Gasteiger partial charge in [0.15, 0.2) is 0 Å². The molecule has 0 saturated heterocycles. The van der Waals surface area contributed by atoms with Crippen LogP contribution in [0.4, 0.5) is 0 Å². The molecule has 8 nitrogen and oxygen atoms in total. The van der Waals surface area contributed by atoms with Gasteiger partial charge < -0.3 is 31.1 Å². The van der Waals surface area contributed by atoms with Gasteiger partial charge in [0, 0.05) is 40.0 Å². The smallest absolute Gasteiger partial charge is 0.300 e. The second-order valence-corrected chi connectivity index (χ2v) is 2.99. The first-order valence-corrected chi connectivity index (χ1v) is 5.40. The van der Waals surface area contributed by atoms with Gasteiger partial charge in [-0.05, 0) is 0 Å². The normalized spacial score (nSPS) is 8.44. The maximum absolute atomic E-state index is 9.00. The molecular formula is C10H24N2O6. The lowest BCUT2D eigenvalue weighted by molar-refractivity contribution is -0.135. The van der Waals surface area contributed by atoms with Crippen molar-refractivity contribution in [3.63, 3.8) is 0 Å². The summed E-state index contributed by atoms with van der Waals surface area (Å²) in [5.41, 5.74) is 0. The number of hydrogen-bond donors (Lipinski definition) is 6. The van der Waals surface area contributed by atoms with Crippen LogP contribution in [0.25, 0.3) is 0 Å². The van der Waals surface area contributed by atoms with Gasteiger partial charge in [-0.25, -0.2) is 0 Å². The Balaban J connectivity index is -0.000000233. The van der Waals surface area contributed by atoms with Crippen LogP contribution in [0.5, 0.6) is 0 Å². The number of hydrogen-bond acceptors (Lipinski definition) is 6. The Hall–Kier alpha value is -1.22. The third kappa shape index (κ3) is 84.0. The van der Waals surface area contributed by atoms with Crippen molar-refractivity contribution in [3.8, 4) is 0 Å². The van der Waals surface area contributed by atoms with E-state index in [0.717, 1.165) is 26.9 Å². The molecule has 6 N–H and O–H groups in total. The molecule has 0 aromatic rings. The lowest BCUT2D eigenvalue weighted by atomic mass is 10.5. The number of rotatable bonds is 7. The van der Waals surface area contributed by atoms with E-state index in [1.807, 2.05) is 0 Å². The summed E-state index contributed by atoms with van der Waals surface area (Å²) in [7, 11) is 0. The van der Waals surface area contributed by atoms with E-state index >= 15 is 0 Å². The first-order valence-electron chi connectivity index (χ1n) is 5.40. The maximum atomic E-state index is 9.00. The molecule has 0 saturated carbocycles. The van der Waals surface area contributed by atoms with Crippen LogP contribution in [-0.2, 0) is 9.59 Å². The van der Waals surface area contributed by atoms with Gasteiger partial charge in [-0.3, -0.25) is 9.59 Å². The fourth-order valence-corrected chi connectivity index (χ4v) is 0.585. The van der Waals surface area contributed by atoms with E-state index in [1.54, 1.807) is 0 Å². The summed E-state index contributed by atoms with van der Waals surface area (Å²) in [6, 6.07) is 0. The van der Waals surface area contributed by atoms with Crippen molar-refractivity contribution in [1.29, 1.82) is 0 Å². The minimum atomic E-state index is -0.833. The molecule has 0 heterocycles. The fraction of sp³-hybridized carbons (Fsp3) is 0.800. The summed E-state index contributed by atoms with van der Waals surface area (Å²) in [5, 5.41) is 37.5. The van der Waals surface area contributed by atoms with Gasteiger partial charge in [0.05, 0.1) is 13.2 Å². The van der Waals surface area contributed by atoms with Gasteiger partial charge in [-0.1, -0.05) is 0 Å². The molecule has 18 heavy (non-hydrogen) atoms. The van der Waals surface area contributed by atoms with Crippen molar-refractivity contribution in [3.05, 3.63) is 0 Å². The van der Waals surface area contributed by atoms with Gasteiger partial charge in [0.2, 0.25) is 0 Å². The lowest BCUT2D eigenvalue weighted by Crippen LogP contribution is -2.30. The lowest BCUT2D eigenvalue weighted by Gasteiger charge is -2.02. The van der Waals surface area contributed by atoms with Crippen LogP contribution in [0, 0.1) is 0 Å². The van der Waals surface area contributed by atoms with Crippen LogP contribution in [0.2, 0.25) is 0 Å². The summed E-state index contributed by atoms with van der Waals surface area (Å²) < 4.78 is 0. The zero-order valence-electron chi connectivity index (χ0n) is 10.8. The predicted molar refractivity (Wildman–Crippen MR) is 66.5 cm³/mol. The second kappa shape index (κ2) is 21.1. The van der Waals surface area contributed by atoms with Crippen LogP contribution in [0.3, 0.4) is 0 Å². The maximum Gasteiger partial charge on any atom is 0.300 e. The average molecular weight is 268 g/mol. The monoisotopic (exact) mass is 268 g/mol. The summed E-state index contributed by atoms with van der Waals surface area (Å²) in [4.78, 5) is 18.0. The van der Waals surface area contributed by atoms with Crippen molar-refractivity contribution in [2.24, 2.45) is 0 Å². The van der Waals surface area contributed by atoms with E-state index in [4.69, 9.17) is 30.0 Å². The summed E-state index contributed by atoms with van der Waals surface area (Å²) >= 11 is 0. The summed E-state index contributed by atoms with van der Waals surface area (Å²) in [5.74, 6) is -1.67. The molecule has 0 unspecified atom stereocenters. The van der Waals surface area contributed by atoms with Crippen LogP contribution in [0.15, 0.2) is 0 Å². The van der Waals surface area contributed by atoms with E-state index in [-0.39, 0.29) is 13.2 Å². The highest BCUT2D eigenvalue weighted by molar-refractivity contribution is 5.63. The van der Waals surface area contributed by atoms with Crippen molar-refractivity contribution in [1.82, 2.24) is 10.6 Å². The molecular weight excluding hydrogens is 244 g/mol. The Morgan fingerprint density at radius 3 is 1.17 bits per heavy atom. The van der Waals surface area contributed by atoms with Gasteiger partial charge >= 0.3 is 0 Å². The Labute approximate surface area is 107 Å². The Kier molecular flexibility index (Phi) is 25.8. The Morgan fingerprint density at radius 2 is 1.00 bits per heavy atom. The summed E-state index contributed by atoms with van der Waals surface area (Å²) in [6.45, 7) is 5.47. The first-order chi connectivity index (χ1) is 8.38. The molecule has 0 aliphatic heterocycles. The molecule has 110 valence electrons.